The van der Waals surface area contributed by atoms with E-state index in [-0.39, 0.29) is 0 Å². The van der Waals surface area contributed by atoms with Crippen molar-refractivity contribution < 1.29 is 0 Å². The Labute approximate surface area is 117 Å². The molecule has 0 aliphatic heterocycles. The van der Waals surface area contributed by atoms with Gasteiger partial charge in [0.2, 0.25) is 0 Å². The van der Waals surface area contributed by atoms with Crippen LogP contribution in [0.3, 0.4) is 0 Å². The van der Waals surface area contributed by atoms with E-state index in [0.717, 1.165) is 24.8 Å². The van der Waals surface area contributed by atoms with Crippen molar-refractivity contribution in [2.24, 2.45) is 5.92 Å². The summed E-state index contributed by atoms with van der Waals surface area (Å²) in [6.45, 7) is 9.72. The van der Waals surface area contributed by atoms with Crippen molar-refractivity contribution in [3.05, 3.63) is 23.9 Å². The summed E-state index contributed by atoms with van der Waals surface area (Å²) in [7, 11) is 0. The predicted octanol–water partition coefficient (Wildman–Crippen LogP) is 3.21. The molecular formula is C16H27N3. The van der Waals surface area contributed by atoms with Crippen LogP contribution in [0.15, 0.2) is 18.3 Å². The van der Waals surface area contributed by atoms with Crippen LogP contribution in [0.4, 0.5) is 5.82 Å². The highest BCUT2D eigenvalue weighted by atomic mass is 15.2. The van der Waals surface area contributed by atoms with E-state index in [9.17, 15) is 0 Å². The van der Waals surface area contributed by atoms with E-state index in [0.29, 0.717) is 6.04 Å². The first-order valence-electron chi connectivity index (χ1n) is 7.62. The minimum atomic E-state index is 0.522. The quantitative estimate of drug-likeness (QED) is 0.817. The van der Waals surface area contributed by atoms with Gasteiger partial charge < -0.3 is 10.2 Å². The molecule has 1 heterocycles. The first-order chi connectivity index (χ1) is 9.19. The second kappa shape index (κ2) is 6.90. The number of pyridine rings is 1. The van der Waals surface area contributed by atoms with Crippen LogP contribution in [0.1, 0.15) is 45.6 Å². The van der Waals surface area contributed by atoms with Gasteiger partial charge in [0.05, 0.1) is 0 Å². The molecule has 0 radical (unpaired) electrons. The molecule has 1 aromatic rings. The van der Waals surface area contributed by atoms with Gasteiger partial charge in [-0.2, -0.15) is 0 Å². The third kappa shape index (κ3) is 4.20. The SMILES string of the molecule is CCN(CC1CCC1)c1cc(CNC(C)C)ccn1. The Morgan fingerprint density at radius 3 is 2.79 bits per heavy atom. The fourth-order valence-electron chi connectivity index (χ4n) is 2.44. The molecule has 0 bridgehead atoms. The summed E-state index contributed by atoms with van der Waals surface area (Å²) in [4.78, 5) is 6.97. The van der Waals surface area contributed by atoms with Crippen LogP contribution in [0, 0.1) is 5.92 Å². The van der Waals surface area contributed by atoms with Crippen LogP contribution in [0.2, 0.25) is 0 Å². The largest absolute Gasteiger partial charge is 0.357 e. The summed E-state index contributed by atoms with van der Waals surface area (Å²) in [5.74, 6) is 2.02. The molecule has 1 aliphatic carbocycles. The van der Waals surface area contributed by atoms with Crippen LogP contribution in [0.5, 0.6) is 0 Å². The highest BCUT2D eigenvalue weighted by Crippen LogP contribution is 2.28. The van der Waals surface area contributed by atoms with Crippen LogP contribution in [-0.4, -0.2) is 24.1 Å². The van der Waals surface area contributed by atoms with Crippen molar-refractivity contribution in [1.82, 2.24) is 10.3 Å². The zero-order chi connectivity index (χ0) is 13.7. The molecule has 1 fully saturated rings. The molecule has 0 amide bonds. The fraction of sp³-hybridized carbons (Fsp3) is 0.688. The lowest BCUT2D eigenvalue weighted by Crippen LogP contribution is -2.33. The molecule has 2 rings (SSSR count). The topological polar surface area (TPSA) is 28.2 Å². The molecule has 19 heavy (non-hydrogen) atoms. The second-order valence-electron chi connectivity index (χ2n) is 5.89. The van der Waals surface area contributed by atoms with Crippen LogP contribution < -0.4 is 10.2 Å². The summed E-state index contributed by atoms with van der Waals surface area (Å²) < 4.78 is 0. The maximum absolute atomic E-state index is 4.55. The molecule has 3 heteroatoms. The maximum Gasteiger partial charge on any atom is 0.128 e. The molecular weight excluding hydrogens is 234 g/mol. The Morgan fingerprint density at radius 2 is 2.21 bits per heavy atom. The Kier molecular flexibility index (Phi) is 5.20. The van der Waals surface area contributed by atoms with Crippen molar-refractivity contribution in [3.8, 4) is 0 Å². The molecule has 3 nitrogen and oxygen atoms in total. The second-order valence-corrected chi connectivity index (χ2v) is 5.89. The fourth-order valence-corrected chi connectivity index (χ4v) is 2.44. The first-order valence-corrected chi connectivity index (χ1v) is 7.62. The lowest BCUT2D eigenvalue weighted by Gasteiger charge is -2.32. The normalized spacial score (nSPS) is 15.6. The van der Waals surface area contributed by atoms with Crippen molar-refractivity contribution in [3.63, 3.8) is 0 Å². The van der Waals surface area contributed by atoms with Gasteiger partial charge in [-0.05, 0) is 43.4 Å². The lowest BCUT2D eigenvalue weighted by atomic mass is 9.85. The number of nitrogens with zero attached hydrogens (tertiary/aromatic N) is 2. The van der Waals surface area contributed by atoms with Gasteiger partial charge in [0.15, 0.2) is 0 Å². The number of hydrogen-bond acceptors (Lipinski definition) is 3. The average Bonchev–Trinajstić information content (AvgIpc) is 2.36. The first kappa shape index (κ1) is 14.3. The summed E-state index contributed by atoms with van der Waals surface area (Å²) in [5.41, 5.74) is 1.32. The van der Waals surface area contributed by atoms with Crippen molar-refractivity contribution in [2.45, 2.75) is 52.6 Å². The number of rotatable bonds is 7. The predicted molar refractivity (Wildman–Crippen MR) is 81.4 cm³/mol. The molecule has 0 saturated heterocycles. The lowest BCUT2D eigenvalue weighted by molar-refractivity contribution is 0.318. The van der Waals surface area contributed by atoms with Gasteiger partial charge in [-0.15, -0.1) is 0 Å². The van der Waals surface area contributed by atoms with Crippen molar-refractivity contribution >= 4 is 5.82 Å². The van der Waals surface area contributed by atoms with Gasteiger partial charge in [-0.1, -0.05) is 20.3 Å². The zero-order valence-corrected chi connectivity index (χ0v) is 12.5. The van der Waals surface area contributed by atoms with Crippen molar-refractivity contribution in [2.75, 3.05) is 18.0 Å². The van der Waals surface area contributed by atoms with Crippen molar-refractivity contribution in [1.29, 1.82) is 0 Å². The molecule has 1 saturated carbocycles. The van der Waals surface area contributed by atoms with E-state index < -0.39 is 0 Å². The molecule has 106 valence electrons. The highest BCUT2D eigenvalue weighted by Gasteiger charge is 2.20. The zero-order valence-electron chi connectivity index (χ0n) is 12.5. The summed E-state index contributed by atoms with van der Waals surface area (Å²) in [6.07, 6.45) is 6.14. The summed E-state index contributed by atoms with van der Waals surface area (Å²) in [6, 6.07) is 4.86. The van der Waals surface area contributed by atoms with Gasteiger partial charge in [-0.25, -0.2) is 4.98 Å². The smallest absolute Gasteiger partial charge is 0.128 e. The van der Waals surface area contributed by atoms with Crippen LogP contribution in [0.25, 0.3) is 0 Å². The van der Waals surface area contributed by atoms with E-state index in [2.05, 4.69) is 48.1 Å². The molecule has 0 aromatic carbocycles. The summed E-state index contributed by atoms with van der Waals surface area (Å²) in [5, 5.41) is 3.46. The number of anilines is 1. The van der Waals surface area contributed by atoms with E-state index in [1.807, 2.05) is 6.20 Å². The number of aromatic nitrogens is 1. The molecule has 0 unspecified atom stereocenters. The molecule has 1 aromatic heterocycles. The Balaban J connectivity index is 1.98. The Bertz CT molecular complexity index is 385. The molecule has 1 N–H and O–H groups in total. The van der Waals surface area contributed by atoms with E-state index >= 15 is 0 Å². The Hall–Kier alpha value is -1.09. The highest BCUT2D eigenvalue weighted by molar-refractivity contribution is 5.41. The summed E-state index contributed by atoms with van der Waals surface area (Å²) >= 11 is 0. The van der Waals surface area contributed by atoms with Gasteiger partial charge in [-0.3, -0.25) is 0 Å². The van der Waals surface area contributed by atoms with Gasteiger partial charge in [0, 0.05) is 31.9 Å². The standard InChI is InChI=1S/C16H27N3/c1-4-19(12-14-6-5-7-14)16-10-15(8-9-17-16)11-18-13(2)3/h8-10,13-14,18H,4-7,11-12H2,1-3H3. The third-order valence-electron chi connectivity index (χ3n) is 3.93. The van der Waals surface area contributed by atoms with Crippen LogP contribution in [-0.2, 0) is 6.54 Å². The van der Waals surface area contributed by atoms with Gasteiger partial charge >= 0.3 is 0 Å². The monoisotopic (exact) mass is 261 g/mol. The van der Waals surface area contributed by atoms with Gasteiger partial charge in [0.1, 0.15) is 5.82 Å². The number of nitrogens with one attached hydrogen (secondary N) is 1. The van der Waals surface area contributed by atoms with E-state index in [1.54, 1.807) is 0 Å². The molecule has 1 aliphatic rings. The van der Waals surface area contributed by atoms with E-state index in [4.69, 9.17) is 0 Å². The van der Waals surface area contributed by atoms with E-state index in [1.165, 1.54) is 31.4 Å². The minimum Gasteiger partial charge on any atom is -0.357 e. The maximum atomic E-state index is 4.55. The Morgan fingerprint density at radius 1 is 1.42 bits per heavy atom. The van der Waals surface area contributed by atoms with Gasteiger partial charge in [0.25, 0.3) is 0 Å². The molecule has 0 atom stereocenters. The van der Waals surface area contributed by atoms with Crippen LogP contribution >= 0.6 is 0 Å². The minimum absolute atomic E-state index is 0.522. The number of hydrogen-bond donors (Lipinski definition) is 1. The average molecular weight is 261 g/mol. The third-order valence-corrected chi connectivity index (χ3v) is 3.93. The molecule has 0 spiro atoms.